The Morgan fingerprint density at radius 2 is 2.19 bits per heavy atom. The molecule has 0 unspecified atom stereocenters. The second-order valence-electron chi connectivity index (χ2n) is 3.07. The Hall–Kier alpha value is -2.50. The lowest BCUT2D eigenvalue weighted by Crippen LogP contribution is -1.91. The highest BCUT2D eigenvalue weighted by atomic mass is 16.5. The summed E-state index contributed by atoms with van der Waals surface area (Å²) in [5.41, 5.74) is 1.25. The molecule has 0 aliphatic heterocycles. The molecular weight excluding hydrogens is 206 g/mol. The molecule has 16 heavy (non-hydrogen) atoms. The van der Waals surface area contributed by atoms with Gasteiger partial charge in [-0.2, -0.15) is 4.98 Å². The van der Waals surface area contributed by atoms with E-state index in [0.29, 0.717) is 22.8 Å². The van der Waals surface area contributed by atoms with E-state index >= 15 is 0 Å². The summed E-state index contributed by atoms with van der Waals surface area (Å²) in [5, 5.41) is 0. The van der Waals surface area contributed by atoms with E-state index in [1.54, 1.807) is 30.9 Å². The van der Waals surface area contributed by atoms with Gasteiger partial charge in [-0.1, -0.05) is 0 Å². The highest BCUT2D eigenvalue weighted by Crippen LogP contribution is 2.22. The predicted octanol–water partition coefficient (Wildman–Crippen LogP) is 1.54. The number of ether oxygens (including phenoxy) is 1. The second kappa shape index (κ2) is 3.58. The molecule has 6 nitrogen and oxygen atoms in total. The quantitative estimate of drug-likeness (QED) is 0.698. The van der Waals surface area contributed by atoms with Gasteiger partial charge in [-0.15, -0.1) is 0 Å². The minimum Gasteiger partial charge on any atom is -0.435 e. The van der Waals surface area contributed by atoms with Crippen LogP contribution in [0.3, 0.4) is 0 Å². The summed E-state index contributed by atoms with van der Waals surface area (Å²) >= 11 is 0. The molecule has 0 saturated heterocycles. The molecule has 0 spiro atoms. The van der Waals surface area contributed by atoms with E-state index in [1.807, 2.05) is 0 Å². The van der Waals surface area contributed by atoms with Crippen molar-refractivity contribution in [3.63, 3.8) is 0 Å². The summed E-state index contributed by atoms with van der Waals surface area (Å²) in [6.45, 7) is 0. The lowest BCUT2D eigenvalue weighted by atomic mass is 10.4. The molecule has 0 aromatic carbocycles. The largest absolute Gasteiger partial charge is 0.435 e. The van der Waals surface area contributed by atoms with Gasteiger partial charge in [0.15, 0.2) is 5.65 Å². The molecule has 3 rings (SSSR count). The zero-order valence-electron chi connectivity index (χ0n) is 8.16. The van der Waals surface area contributed by atoms with Crippen molar-refractivity contribution in [2.45, 2.75) is 0 Å². The van der Waals surface area contributed by atoms with E-state index in [9.17, 15) is 0 Å². The van der Waals surface area contributed by atoms with Crippen LogP contribution < -0.4 is 4.74 Å². The smallest absolute Gasteiger partial charge is 0.248 e. The number of hydrogen-bond donors (Lipinski definition) is 1. The van der Waals surface area contributed by atoms with Crippen LogP contribution in [0.1, 0.15) is 0 Å². The van der Waals surface area contributed by atoms with E-state index in [1.165, 1.54) is 6.33 Å². The number of pyridine rings is 1. The second-order valence-corrected chi connectivity index (χ2v) is 3.07. The summed E-state index contributed by atoms with van der Waals surface area (Å²) in [6.07, 6.45) is 6.26. The molecule has 0 radical (unpaired) electrons. The van der Waals surface area contributed by atoms with Crippen molar-refractivity contribution in [1.82, 2.24) is 24.9 Å². The number of H-pyrrole nitrogens is 1. The normalized spacial score (nSPS) is 10.5. The molecule has 3 heterocycles. The van der Waals surface area contributed by atoms with E-state index in [2.05, 4.69) is 24.9 Å². The molecule has 0 aliphatic carbocycles. The van der Waals surface area contributed by atoms with Gasteiger partial charge in [0, 0.05) is 6.20 Å². The monoisotopic (exact) mass is 213 g/mol. The summed E-state index contributed by atoms with van der Waals surface area (Å²) in [5.74, 6) is 1.06. The predicted molar refractivity (Wildman–Crippen MR) is 56.0 cm³/mol. The van der Waals surface area contributed by atoms with Crippen LogP contribution in [-0.2, 0) is 0 Å². The van der Waals surface area contributed by atoms with Crippen molar-refractivity contribution < 1.29 is 4.74 Å². The van der Waals surface area contributed by atoms with Crippen LogP contribution in [0.4, 0.5) is 0 Å². The Morgan fingerprint density at radius 3 is 3.06 bits per heavy atom. The molecule has 0 aliphatic rings. The first-order valence-corrected chi connectivity index (χ1v) is 4.65. The molecule has 0 saturated carbocycles. The number of imidazole rings is 1. The van der Waals surface area contributed by atoms with Crippen LogP contribution in [0.25, 0.3) is 11.2 Å². The maximum Gasteiger partial charge on any atom is 0.248 e. The topological polar surface area (TPSA) is 76.6 Å². The Labute approximate surface area is 90.4 Å². The van der Waals surface area contributed by atoms with Crippen molar-refractivity contribution in [2.75, 3.05) is 0 Å². The van der Waals surface area contributed by atoms with E-state index in [-0.39, 0.29) is 0 Å². The lowest BCUT2D eigenvalue weighted by molar-refractivity contribution is 0.465. The van der Waals surface area contributed by atoms with Crippen molar-refractivity contribution >= 4 is 11.2 Å². The first-order chi connectivity index (χ1) is 7.93. The molecular formula is C10H7N5O. The van der Waals surface area contributed by atoms with Gasteiger partial charge in [0.1, 0.15) is 17.6 Å². The fourth-order valence-corrected chi connectivity index (χ4v) is 1.34. The summed E-state index contributed by atoms with van der Waals surface area (Å²) in [7, 11) is 0. The van der Waals surface area contributed by atoms with Gasteiger partial charge < -0.3 is 9.72 Å². The van der Waals surface area contributed by atoms with Crippen LogP contribution in [0.15, 0.2) is 37.2 Å². The van der Waals surface area contributed by atoms with Gasteiger partial charge in [-0.05, 0) is 12.1 Å². The third kappa shape index (κ3) is 1.46. The molecule has 0 bridgehead atoms. The molecule has 0 amide bonds. The summed E-state index contributed by atoms with van der Waals surface area (Å²) < 4.78 is 5.57. The third-order valence-electron chi connectivity index (χ3n) is 2.04. The lowest BCUT2D eigenvalue weighted by Gasteiger charge is -2.03. The summed E-state index contributed by atoms with van der Waals surface area (Å²) in [4.78, 5) is 18.9. The van der Waals surface area contributed by atoms with Gasteiger partial charge in [-0.3, -0.25) is 4.98 Å². The van der Waals surface area contributed by atoms with Crippen molar-refractivity contribution in [3.8, 4) is 11.6 Å². The van der Waals surface area contributed by atoms with Crippen LogP contribution in [0, 0.1) is 0 Å². The molecule has 6 heteroatoms. The Balaban J connectivity index is 2.04. The van der Waals surface area contributed by atoms with E-state index < -0.39 is 0 Å². The minimum absolute atomic E-state index is 0.440. The van der Waals surface area contributed by atoms with Crippen LogP contribution in [-0.4, -0.2) is 24.9 Å². The average Bonchev–Trinajstić information content (AvgIpc) is 2.80. The number of nitrogens with zero attached hydrogens (tertiary/aromatic N) is 4. The van der Waals surface area contributed by atoms with Gasteiger partial charge in [0.2, 0.25) is 5.88 Å². The summed E-state index contributed by atoms with van der Waals surface area (Å²) in [6, 6.07) is 3.60. The van der Waals surface area contributed by atoms with E-state index in [4.69, 9.17) is 4.74 Å². The molecule has 0 atom stereocenters. The fourth-order valence-electron chi connectivity index (χ4n) is 1.34. The highest BCUT2D eigenvalue weighted by molar-refractivity contribution is 5.75. The zero-order chi connectivity index (χ0) is 10.8. The number of aromatic nitrogens is 5. The van der Waals surface area contributed by atoms with Crippen molar-refractivity contribution in [3.05, 3.63) is 37.2 Å². The Bertz CT molecular complexity index is 607. The van der Waals surface area contributed by atoms with Gasteiger partial charge in [0.25, 0.3) is 0 Å². The van der Waals surface area contributed by atoms with Crippen molar-refractivity contribution in [1.29, 1.82) is 0 Å². The van der Waals surface area contributed by atoms with Crippen LogP contribution in [0.2, 0.25) is 0 Å². The standard InChI is InChI=1S/C10H7N5O/c1-2-7(4-11-3-1)16-10-8-9(13-5-12-8)14-6-15-10/h1-6H,(H,12,13,14,15). The van der Waals surface area contributed by atoms with Crippen LogP contribution >= 0.6 is 0 Å². The highest BCUT2D eigenvalue weighted by Gasteiger charge is 2.07. The number of hydrogen-bond acceptors (Lipinski definition) is 5. The molecule has 3 aromatic rings. The Kier molecular flexibility index (Phi) is 1.96. The SMILES string of the molecule is c1cncc(Oc2ncnc3nc[nH]c23)c1. The number of fused-ring (bicyclic) bond motifs is 1. The van der Waals surface area contributed by atoms with Gasteiger partial charge >= 0.3 is 0 Å². The fraction of sp³-hybridized carbons (Fsp3) is 0. The third-order valence-corrected chi connectivity index (χ3v) is 2.04. The molecule has 1 N–H and O–H groups in total. The molecule has 3 aromatic heterocycles. The average molecular weight is 213 g/mol. The molecule has 0 fully saturated rings. The number of rotatable bonds is 2. The molecule has 78 valence electrons. The maximum atomic E-state index is 5.57. The Morgan fingerprint density at radius 1 is 1.19 bits per heavy atom. The van der Waals surface area contributed by atoms with Crippen LogP contribution in [0.5, 0.6) is 11.6 Å². The zero-order valence-corrected chi connectivity index (χ0v) is 8.16. The van der Waals surface area contributed by atoms with E-state index in [0.717, 1.165) is 0 Å². The van der Waals surface area contributed by atoms with Gasteiger partial charge in [0.05, 0.1) is 12.5 Å². The first kappa shape index (κ1) is 8.78. The number of nitrogens with one attached hydrogen (secondary N) is 1. The first-order valence-electron chi connectivity index (χ1n) is 4.65. The maximum absolute atomic E-state index is 5.57. The number of aromatic amines is 1. The minimum atomic E-state index is 0.440. The van der Waals surface area contributed by atoms with Gasteiger partial charge in [-0.25, -0.2) is 9.97 Å². The van der Waals surface area contributed by atoms with Crippen molar-refractivity contribution in [2.24, 2.45) is 0 Å².